The molecule has 0 aliphatic heterocycles. The predicted molar refractivity (Wildman–Crippen MR) is 169 cm³/mol. The largest absolute Gasteiger partial charge is 0.311 e. The lowest BCUT2D eigenvalue weighted by molar-refractivity contribution is -0.132. The molecule has 8 nitrogen and oxygen atoms in total. The summed E-state index contributed by atoms with van der Waals surface area (Å²) in [6, 6.07) is 32.0. The number of amides is 2. The van der Waals surface area contributed by atoms with Crippen LogP contribution in [-0.2, 0) is 32.6 Å². The minimum atomic E-state index is -4.19. The van der Waals surface area contributed by atoms with Gasteiger partial charge in [-0.15, -0.1) is 0 Å². The topological polar surface area (TPSA) is 101 Å². The lowest BCUT2D eigenvalue weighted by atomic mass is 9.98. The summed E-state index contributed by atoms with van der Waals surface area (Å²) in [6.07, 6.45) is 4.75. The number of benzene rings is 4. The highest BCUT2D eigenvalue weighted by Crippen LogP contribution is 2.28. The van der Waals surface area contributed by atoms with Crippen molar-refractivity contribution >= 4 is 44.4 Å². The van der Waals surface area contributed by atoms with Crippen LogP contribution in [0.5, 0.6) is 0 Å². The molecular weight excluding hydrogens is 560 g/mol. The van der Waals surface area contributed by atoms with Gasteiger partial charge in [0.05, 0.1) is 23.8 Å². The highest BCUT2D eigenvalue weighted by atomic mass is 32.2. The molecule has 5 rings (SSSR count). The predicted octanol–water partition coefficient (Wildman–Crippen LogP) is 5.41. The standard InChI is InChI=1S/C34H32N4O4S/c1-2-38(32-19-11-17-29-16-9-10-18-30(29)32)34(40)31(22-28-23-35-37(25-28)24-27-14-7-4-8-15-27)33(39)36-43(41,42)21-20-26-12-5-3-6-13-26/h3-21,23,25,31H,2,22,24H2,1H3,(H,36,39). The van der Waals surface area contributed by atoms with Crippen LogP contribution in [-0.4, -0.2) is 36.6 Å². The third-order valence-corrected chi connectivity index (χ3v) is 8.03. The van der Waals surface area contributed by atoms with Gasteiger partial charge in [-0.3, -0.25) is 14.3 Å². The molecule has 0 spiro atoms. The minimum absolute atomic E-state index is 0.0291. The number of fused-ring (bicyclic) bond motifs is 1. The molecule has 0 fully saturated rings. The third kappa shape index (κ3) is 7.44. The Morgan fingerprint density at radius 1 is 0.884 bits per heavy atom. The quantitative estimate of drug-likeness (QED) is 0.207. The Labute approximate surface area is 251 Å². The van der Waals surface area contributed by atoms with Crippen LogP contribution in [0.2, 0.25) is 0 Å². The number of hydrogen-bond donors (Lipinski definition) is 1. The van der Waals surface area contributed by atoms with Crippen LogP contribution in [0.25, 0.3) is 16.8 Å². The molecule has 1 aromatic heterocycles. The molecule has 43 heavy (non-hydrogen) atoms. The fourth-order valence-electron chi connectivity index (χ4n) is 4.95. The smallest absolute Gasteiger partial charge is 0.257 e. The Kier molecular flexibility index (Phi) is 9.12. The van der Waals surface area contributed by atoms with Gasteiger partial charge in [0.25, 0.3) is 10.0 Å². The first kappa shape index (κ1) is 29.5. The van der Waals surface area contributed by atoms with Crippen molar-refractivity contribution in [3.8, 4) is 0 Å². The third-order valence-electron chi connectivity index (χ3n) is 7.05. The van der Waals surface area contributed by atoms with E-state index in [0.29, 0.717) is 23.4 Å². The van der Waals surface area contributed by atoms with Gasteiger partial charge in [-0.1, -0.05) is 97.1 Å². The maximum Gasteiger partial charge on any atom is 0.257 e. The molecule has 0 aliphatic rings. The molecule has 2 amide bonds. The monoisotopic (exact) mass is 592 g/mol. The fraction of sp³-hybridized carbons (Fsp3) is 0.147. The van der Waals surface area contributed by atoms with Gasteiger partial charge in [-0.25, -0.2) is 13.1 Å². The Hall–Kier alpha value is -5.02. The van der Waals surface area contributed by atoms with E-state index in [2.05, 4.69) is 9.82 Å². The van der Waals surface area contributed by atoms with Crippen LogP contribution in [0.1, 0.15) is 23.6 Å². The van der Waals surface area contributed by atoms with E-state index in [1.54, 1.807) is 41.3 Å². The fourth-order valence-corrected chi connectivity index (χ4v) is 5.78. The zero-order chi connectivity index (χ0) is 30.2. The maximum absolute atomic E-state index is 14.2. The zero-order valence-electron chi connectivity index (χ0n) is 23.7. The van der Waals surface area contributed by atoms with Gasteiger partial charge < -0.3 is 4.90 Å². The van der Waals surface area contributed by atoms with Crippen molar-refractivity contribution in [1.82, 2.24) is 14.5 Å². The molecule has 4 aromatic carbocycles. The number of aromatic nitrogens is 2. The number of rotatable bonds is 11. The van der Waals surface area contributed by atoms with Crippen LogP contribution in [0.3, 0.4) is 0 Å². The summed E-state index contributed by atoms with van der Waals surface area (Å²) >= 11 is 0. The van der Waals surface area contributed by atoms with Crippen molar-refractivity contribution in [3.63, 3.8) is 0 Å². The van der Waals surface area contributed by atoms with Crippen LogP contribution in [0, 0.1) is 5.92 Å². The molecule has 0 bridgehead atoms. The molecule has 218 valence electrons. The number of anilines is 1. The van der Waals surface area contributed by atoms with Crippen molar-refractivity contribution < 1.29 is 18.0 Å². The van der Waals surface area contributed by atoms with Gasteiger partial charge in [0.2, 0.25) is 11.8 Å². The Morgan fingerprint density at radius 3 is 2.30 bits per heavy atom. The van der Waals surface area contributed by atoms with Crippen molar-refractivity contribution in [1.29, 1.82) is 0 Å². The van der Waals surface area contributed by atoms with E-state index >= 15 is 0 Å². The van der Waals surface area contributed by atoms with E-state index in [-0.39, 0.29) is 13.0 Å². The van der Waals surface area contributed by atoms with Gasteiger partial charge in [0.15, 0.2) is 0 Å². The van der Waals surface area contributed by atoms with Crippen molar-refractivity contribution in [2.45, 2.75) is 19.9 Å². The lowest BCUT2D eigenvalue weighted by Gasteiger charge is -2.27. The molecule has 1 heterocycles. The highest BCUT2D eigenvalue weighted by molar-refractivity contribution is 7.93. The maximum atomic E-state index is 14.2. The number of carbonyl (C=O) groups excluding carboxylic acids is 2. The van der Waals surface area contributed by atoms with Crippen LogP contribution < -0.4 is 9.62 Å². The highest BCUT2D eigenvalue weighted by Gasteiger charge is 2.34. The van der Waals surface area contributed by atoms with Crippen LogP contribution in [0.4, 0.5) is 5.69 Å². The average molecular weight is 593 g/mol. The van der Waals surface area contributed by atoms with Crippen LogP contribution >= 0.6 is 0 Å². The van der Waals surface area contributed by atoms with E-state index < -0.39 is 27.8 Å². The molecule has 1 atom stereocenters. The van der Waals surface area contributed by atoms with E-state index in [0.717, 1.165) is 21.7 Å². The summed E-state index contributed by atoms with van der Waals surface area (Å²) in [5.74, 6) is -2.74. The number of hydrogen-bond acceptors (Lipinski definition) is 5. The van der Waals surface area contributed by atoms with Gasteiger partial charge in [0.1, 0.15) is 5.92 Å². The minimum Gasteiger partial charge on any atom is -0.311 e. The molecule has 1 unspecified atom stereocenters. The molecule has 0 saturated carbocycles. The number of carbonyl (C=O) groups is 2. The lowest BCUT2D eigenvalue weighted by Crippen LogP contribution is -2.46. The first-order valence-corrected chi connectivity index (χ1v) is 15.5. The number of nitrogens with zero attached hydrogens (tertiary/aromatic N) is 3. The second-order valence-corrected chi connectivity index (χ2v) is 11.7. The van der Waals surface area contributed by atoms with Crippen molar-refractivity contribution in [3.05, 3.63) is 138 Å². The second-order valence-electron chi connectivity index (χ2n) is 10.1. The first-order valence-electron chi connectivity index (χ1n) is 14.0. The van der Waals surface area contributed by atoms with E-state index in [9.17, 15) is 18.0 Å². The van der Waals surface area contributed by atoms with E-state index in [1.165, 1.54) is 11.0 Å². The van der Waals surface area contributed by atoms with Gasteiger partial charge >= 0.3 is 0 Å². The summed E-state index contributed by atoms with van der Waals surface area (Å²) in [5, 5.41) is 7.15. The zero-order valence-corrected chi connectivity index (χ0v) is 24.5. The molecule has 0 radical (unpaired) electrons. The summed E-state index contributed by atoms with van der Waals surface area (Å²) in [7, 11) is -4.19. The molecule has 9 heteroatoms. The van der Waals surface area contributed by atoms with E-state index in [4.69, 9.17) is 0 Å². The Morgan fingerprint density at radius 2 is 1.56 bits per heavy atom. The summed E-state index contributed by atoms with van der Waals surface area (Å²) in [5.41, 5.74) is 2.99. The van der Waals surface area contributed by atoms with Gasteiger partial charge in [0, 0.05) is 18.1 Å². The van der Waals surface area contributed by atoms with Crippen molar-refractivity contribution in [2.24, 2.45) is 5.92 Å². The SMILES string of the molecule is CCN(C(=O)C(Cc1cnn(Cc2ccccc2)c1)C(=O)NS(=O)(=O)C=Cc1ccccc1)c1cccc2ccccc12. The Balaban J connectivity index is 1.44. The van der Waals surface area contributed by atoms with Gasteiger partial charge in [-0.2, -0.15) is 5.10 Å². The second kappa shape index (κ2) is 13.3. The number of nitrogens with one attached hydrogen (secondary N) is 1. The molecule has 0 aliphatic carbocycles. The summed E-state index contributed by atoms with van der Waals surface area (Å²) in [6.45, 7) is 2.62. The average Bonchev–Trinajstić information content (AvgIpc) is 3.46. The molecular formula is C34H32N4O4S. The first-order chi connectivity index (χ1) is 20.8. The summed E-state index contributed by atoms with van der Waals surface area (Å²) < 4.78 is 29.7. The Bertz CT molecular complexity index is 1850. The van der Waals surface area contributed by atoms with E-state index in [1.807, 2.05) is 85.8 Å². The van der Waals surface area contributed by atoms with Crippen LogP contribution in [0.15, 0.2) is 121 Å². The molecule has 5 aromatic rings. The number of sulfonamides is 1. The van der Waals surface area contributed by atoms with Crippen molar-refractivity contribution in [2.75, 3.05) is 11.4 Å². The van der Waals surface area contributed by atoms with Gasteiger partial charge in [-0.05, 0) is 47.6 Å². The molecule has 0 saturated heterocycles. The normalized spacial score (nSPS) is 12.3. The molecule has 1 N–H and O–H groups in total. The summed E-state index contributed by atoms with van der Waals surface area (Å²) in [4.78, 5) is 29.3.